The van der Waals surface area contributed by atoms with Gasteiger partial charge in [0.2, 0.25) is 0 Å². The quantitative estimate of drug-likeness (QED) is 0.646. The number of halogens is 1. The highest BCUT2D eigenvalue weighted by Gasteiger charge is 2.10. The minimum atomic E-state index is 0.00809. The molecule has 0 spiro atoms. The zero-order chi connectivity index (χ0) is 18.5. The summed E-state index contributed by atoms with van der Waals surface area (Å²) in [6.07, 6.45) is 1.71. The van der Waals surface area contributed by atoms with Gasteiger partial charge >= 0.3 is 0 Å². The lowest BCUT2D eigenvalue weighted by atomic mass is 10.0. The first-order valence-corrected chi connectivity index (χ1v) is 8.28. The average molecular weight is 369 g/mol. The van der Waals surface area contributed by atoms with Gasteiger partial charge in [-0.25, -0.2) is 4.98 Å². The van der Waals surface area contributed by atoms with E-state index in [0.717, 1.165) is 5.56 Å². The Morgan fingerprint density at radius 1 is 1.12 bits per heavy atom. The van der Waals surface area contributed by atoms with Crippen LogP contribution in [0.4, 0.5) is 5.82 Å². The molecular weight excluding hydrogens is 352 g/mol. The highest BCUT2D eigenvalue weighted by Crippen LogP contribution is 2.29. The molecule has 132 valence electrons. The van der Waals surface area contributed by atoms with E-state index < -0.39 is 0 Å². The maximum absolute atomic E-state index is 12.5. The van der Waals surface area contributed by atoms with Gasteiger partial charge in [0, 0.05) is 24.2 Å². The van der Waals surface area contributed by atoms with E-state index in [4.69, 9.17) is 26.8 Å². The van der Waals surface area contributed by atoms with Crippen molar-refractivity contribution >= 4 is 23.2 Å². The molecule has 1 aromatic heterocycles. The first kappa shape index (κ1) is 17.8. The van der Waals surface area contributed by atoms with Crippen LogP contribution in [0, 0.1) is 0 Å². The SMILES string of the molecule is COc1ccc(C(=O)Cc2cccc(Oc3cc(Cl)cnc3N)c2)cc1. The largest absolute Gasteiger partial charge is 0.497 e. The van der Waals surface area contributed by atoms with E-state index in [1.807, 2.05) is 12.1 Å². The molecule has 3 rings (SSSR count). The molecule has 0 unspecified atom stereocenters. The van der Waals surface area contributed by atoms with Crippen molar-refractivity contribution in [1.82, 2.24) is 4.98 Å². The molecule has 0 saturated heterocycles. The van der Waals surface area contributed by atoms with Gasteiger partial charge in [-0.2, -0.15) is 0 Å². The van der Waals surface area contributed by atoms with Gasteiger partial charge < -0.3 is 15.2 Å². The predicted octanol–water partition coefficient (Wildman–Crippen LogP) is 4.54. The number of benzene rings is 2. The van der Waals surface area contributed by atoms with Gasteiger partial charge in [-0.1, -0.05) is 23.7 Å². The number of hydrogen-bond donors (Lipinski definition) is 1. The van der Waals surface area contributed by atoms with Gasteiger partial charge in [-0.3, -0.25) is 4.79 Å². The van der Waals surface area contributed by atoms with Crippen LogP contribution in [0.3, 0.4) is 0 Å². The number of aromatic nitrogens is 1. The first-order valence-electron chi connectivity index (χ1n) is 7.90. The number of pyridine rings is 1. The molecule has 1 heterocycles. The summed E-state index contributed by atoms with van der Waals surface area (Å²) in [7, 11) is 1.59. The molecule has 0 aliphatic carbocycles. The van der Waals surface area contributed by atoms with Crippen molar-refractivity contribution in [2.45, 2.75) is 6.42 Å². The number of carbonyl (C=O) groups excluding carboxylic acids is 1. The van der Waals surface area contributed by atoms with Crippen molar-refractivity contribution in [1.29, 1.82) is 0 Å². The van der Waals surface area contributed by atoms with Crippen molar-refractivity contribution in [3.63, 3.8) is 0 Å². The Hall–Kier alpha value is -3.05. The number of anilines is 1. The molecule has 0 radical (unpaired) electrons. The van der Waals surface area contributed by atoms with Crippen LogP contribution >= 0.6 is 11.6 Å². The molecule has 0 saturated carbocycles. The molecule has 0 atom stereocenters. The Bertz CT molecular complexity index is 927. The number of nitrogens with zero attached hydrogens (tertiary/aromatic N) is 1. The second-order valence-electron chi connectivity index (χ2n) is 5.61. The fourth-order valence-corrected chi connectivity index (χ4v) is 2.57. The maximum Gasteiger partial charge on any atom is 0.170 e. The third kappa shape index (κ3) is 4.32. The maximum atomic E-state index is 12.5. The fraction of sp³-hybridized carbons (Fsp3) is 0.100. The van der Waals surface area contributed by atoms with E-state index in [1.165, 1.54) is 6.20 Å². The van der Waals surface area contributed by atoms with E-state index in [0.29, 0.717) is 27.8 Å². The molecule has 3 aromatic rings. The number of rotatable bonds is 6. The summed E-state index contributed by atoms with van der Waals surface area (Å²) < 4.78 is 10.9. The van der Waals surface area contributed by atoms with Crippen molar-refractivity contribution in [2.24, 2.45) is 0 Å². The number of nitrogens with two attached hydrogens (primary N) is 1. The van der Waals surface area contributed by atoms with Crippen LogP contribution in [-0.2, 0) is 6.42 Å². The number of ether oxygens (including phenoxy) is 2. The van der Waals surface area contributed by atoms with Crippen LogP contribution in [0.15, 0.2) is 60.8 Å². The van der Waals surface area contributed by atoms with Crippen molar-refractivity contribution < 1.29 is 14.3 Å². The molecule has 2 N–H and O–H groups in total. The molecule has 0 fully saturated rings. The highest BCUT2D eigenvalue weighted by atomic mass is 35.5. The monoisotopic (exact) mass is 368 g/mol. The smallest absolute Gasteiger partial charge is 0.170 e. The Balaban J connectivity index is 1.74. The van der Waals surface area contributed by atoms with Crippen LogP contribution in [0.1, 0.15) is 15.9 Å². The number of carbonyl (C=O) groups is 1. The Morgan fingerprint density at radius 2 is 1.88 bits per heavy atom. The van der Waals surface area contributed by atoms with Crippen LogP contribution in [0.25, 0.3) is 0 Å². The van der Waals surface area contributed by atoms with E-state index in [9.17, 15) is 4.79 Å². The number of ketones is 1. The minimum Gasteiger partial charge on any atom is -0.497 e. The second-order valence-corrected chi connectivity index (χ2v) is 6.05. The van der Waals surface area contributed by atoms with Gasteiger partial charge in [0.15, 0.2) is 17.4 Å². The molecule has 0 aliphatic rings. The Morgan fingerprint density at radius 3 is 2.62 bits per heavy atom. The van der Waals surface area contributed by atoms with E-state index in [-0.39, 0.29) is 18.0 Å². The number of methoxy groups -OCH3 is 1. The van der Waals surface area contributed by atoms with Gasteiger partial charge in [-0.05, 0) is 42.0 Å². The minimum absolute atomic E-state index is 0.00809. The van der Waals surface area contributed by atoms with Crippen molar-refractivity contribution in [2.75, 3.05) is 12.8 Å². The lowest BCUT2D eigenvalue weighted by Gasteiger charge is -2.09. The van der Waals surface area contributed by atoms with Crippen molar-refractivity contribution in [3.8, 4) is 17.2 Å². The second kappa shape index (κ2) is 7.89. The molecule has 0 bridgehead atoms. The van der Waals surface area contributed by atoms with Gasteiger partial charge in [0.25, 0.3) is 0 Å². The third-order valence-corrected chi connectivity index (χ3v) is 3.96. The zero-order valence-electron chi connectivity index (χ0n) is 14.1. The lowest BCUT2D eigenvalue weighted by molar-refractivity contribution is 0.0993. The van der Waals surface area contributed by atoms with E-state index in [1.54, 1.807) is 49.6 Å². The Kier molecular flexibility index (Phi) is 5.39. The summed E-state index contributed by atoms with van der Waals surface area (Å²) in [5.41, 5.74) is 7.25. The lowest BCUT2D eigenvalue weighted by Crippen LogP contribution is -2.03. The summed E-state index contributed by atoms with van der Waals surface area (Å²) in [4.78, 5) is 16.4. The van der Waals surface area contributed by atoms with Gasteiger partial charge in [0.05, 0.1) is 12.1 Å². The summed E-state index contributed by atoms with van der Waals surface area (Å²) >= 11 is 5.92. The molecular formula is C20H17ClN2O3. The summed E-state index contributed by atoms with van der Waals surface area (Å²) in [6.45, 7) is 0. The average Bonchev–Trinajstić information content (AvgIpc) is 2.65. The van der Waals surface area contributed by atoms with Crippen LogP contribution in [0.5, 0.6) is 17.2 Å². The topological polar surface area (TPSA) is 74.4 Å². The number of Topliss-reactive ketones (excluding diaryl/α,β-unsaturated/α-hetero) is 1. The number of nitrogen functional groups attached to an aromatic ring is 1. The Labute approximate surface area is 156 Å². The van der Waals surface area contributed by atoms with E-state index >= 15 is 0 Å². The zero-order valence-corrected chi connectivity index (χ0v) is 14.9. The van der Waals surface area contributed by atoms with Crippen molar-refractivity contribution in [3.05, 3.63) is 76.9 Å². The molecule has 6 heteroatoms. The van der Waals surface area contributed by atoms with Gasteiger partial charge in [0.1, 0.15) is 11.5 Å². The fourth-order valence-electron chi connectivity index (χ4n) is 2.42. The molecule has 26 heavy (non-hydrogen) atoms. The molecule has 0 amide bonds. The highest BCUT2D eigenvalue weighted by molar-refractivity contribution is 6.30. The molecule has 2 aromatic carbocycles. The van der Waals surface area contributed by atoms with Crippen LogP contribution in [0.2, 0.25) is 5.02 Å². The molecule has 5 nitrogen and oxygen atoms in total. The number of hydrogen-bond acceptors (Lipinski definition) is 5. The van der Waals surface area contributed by atoms with E-state index in [2.05, 4.69) is 4.98 Å². The first-order chi connectivity index (χ1) is 12.5. The standard InChI is InChI=1S/C20H17ClN2O3/c1-25-16-7-5-14(6-8-16)18(24)10-13-3-2-4-17(9-13)26-19-11-15(21)12-23-20(19)22/h2-9,11-12H,10H2,1H3,(H2,22,23). The van der Waals surface area contributed by atoms with Crippen LogP contribution in [-0.4, -0.2) is 17.9 Å². The third-order valence-electron chi connectivity index (χ3n) is 3.75. The summed E-state index contributed by atoms with van der Waals surface area (Å²) in [5.74, 6) is 1.89. The molecule has 0 aliphatic heterocycles. The predicted molar refractivity (Wildman–Crippen MR) is 101 cm³/mol. The summed E-state index contributed by atoms with van der Waals surface area (Å²) in [5, 5.41) is 0.431. The normalized spacial score (nSPS) is 10.4. The van der Waals surface area contributed by atoms with Crippen LogP contribution < -0.4 is 15.2 Å². The summed E-state index contributed by atoms with van der Waals surface area (Å²) in [6, 6.07) is 15.9. The van der Waals surface area contributed by atoms with Gasteiger partial charge in [-0.15, -0.1) is 0 Å².